The van der Waals surface area contributed by atoms with Crippen LogP contribution < -0.4 is 9.67 Å². The molecule has 38 heavy (non-hydrogen) atoms. The number of esters is 1. The fraction of sp³-hybridized carbons (Fsp3) is 0.182. The van der Waals surface area contributed by atoms with Crippen LogP contribution in [0.3, 0.4) is 0 Å². The van der Waals surface area contributed by atoms with Crippen LogP contribution in [0.15, 0.2) is 97.1 Å². The second kappa shape index (κ2) is 10.9. The quantitative estimate of drug-likeness (QED) is 0.155. The van der Waals surface area contributed by atoms with E-state index in [1.807, 2.05) is 103 Å². The molecule has 1 atom stereocenters. The van der Waals surface area contributed by atoms with Crippen molar-refractivity contribution in [3.8, 4) is 11.1 Å². The molecule has 0 radical (unpaired) electrons. The maximum Gasteiger partial charge on any atom is 0.376 e. The summed E-state index contributed by atoms with van der Waals surface area (Å²) in [7, 11) is 0. The molecule has 0 aliphatic carbocycles. The number of carboxylic acids is 1. The fourth-order valence-corrected chi connectivity index (χ4v) is 5.05. The molecule has 1 unspecified atom stereocenters. The lowest BCUT2D eigenvalue weighted by Crippen LogP contribution is -2.46. The van der Waals surface area contributed by atoms with E-state index in [0.29, 0.717) is 28.2 Å². The highest BCUT2D eigenvalue weighted by Gasteiger charge is 2.34. The van der Waals surface area contributed by atoms with Gasteiger partial charge in [0, 0.05) is 24.1 Å². The van der Waals surface area contributed by atoms with Crippen molar-refractivity contribution in [1.29, 1.82) is 0 Å². The number of aryl methyl sites for hydroxylation is 1. The summed E-state index contributed by atoms with van der Waals surface area (Å²) in [5.74, 6) is -1.60. The van der Waals surface area contributed by atoms with Crippen molar-refractivity contribution >= 4 is 33.7 Å². The van der Waals surface area contributed by atoms with Crippen LogP contribution in [0.2, 0.25) is 0 Å². The first-order valence-electron chi connectivity index (χ1n) is 12.9. The number of hydrogen-bond acceptors (Lipinski definition) is 4. The third kappa shape index (κ3) is 4.88. The zero-order chi connectivity index (χ0) is 26.6. The van der Waals surface area contributed by atoms with Crippen LogP contribution in [0.25, 0.3) is 32.9 Å². The summed E-state index contributed by atoms with van der Waals surface area (Å²) in [6.45, 7) is 4.22. The maximum absolute atomic E-state index is 13.6. The van der Waals surface area contributed by atoms with Gasteiger partial charge in [0.15, 0.2) is 0 Å². The molecule has 0 N–H and O–H groups in total. The number of carboxylic acid groups (broad SMARTS) is 1. The Morgan fingerprint density at radius 2 is 1.47 bits per heavy atom. The molecule has 0 amide bonds. The van der Waals surface area contributed by atoms with Crippen LogP contribution in [0.1, 0.15) is 47.3 Å². The first-order valence-corrected chi connectivity index (χ1v) is 12.9. The highest BCUT2D eigenvalue weighted by atomic mass is 16.5. The van der Waals surface area contributed by atoms with Gasteiger partial charge in [0.25, 0.3) is 6.04 Å². The van der Waals surface area contributed by atoms with Crippen molar-refractivity contribution in [2.75, 3.05) is 0 Å². The number of nitrogens with zero attached hydrogens (tertiary/aromatic N) is 1. The Kier molecular flexibility index (Phi) is 7.18. The van der Waals surface area contributed by atoms with Gasteiger partial charge < -0.3 is 14.6 Å². The Hall–Kier alpha value is -4.51. The summed E-state index contributed by atoms with van der Waals surface area (Å²) in [5.41, 5.74) is 5.34. The highest BCUT2D eigenvalue weighted by molar-refractivity contribution is 6.12. The monoisotopic (exact) mass is 503 g/mol. The number of hydrogen-bond donors (Lipinski definition) is 0. The van der Waals surface area contributed by atoms with Crippen molar-refractivity contribution in [2.45, 2.75) is 39.3 Å². The summed E-state index contributed by atoms with van der Waals surface area (Å²) in [6.07, 6.45) is 1.29. The number of aromatic nitrogens is 1. The van der Waals surface area contributed by atoms with E-state index in [1.165, 1.54) is 0 Å². The van der Waals surface area contributed by atoms with Crippen molar-refractivity contribution in [2.24, 2.45) is 0 Å². The van der Waals surface area contributed by atoms with E-state index in [4.69, 9.17) is 4.74 Å². The Bertz CT molecular complexity index is 1620. The zero-order valence-corrected chi connectivity index (χ0v) is 21.5. The molecule has 0 spiro atoms. The summed E-state index contributed by atoms with van der Waals surface area (Å²) >= 11 is 0. The lowest BCUT2D eigenvalue weighted by atomic mass is 9.96. The number of rotatable bonds is 8. The highest BCUT2D eigenvalue weighted by Crippen LogP contribution is 2.31. The predicted molar refractivity (Wildman–Crippen MR) is 146 cm³/mol. The largest absolute Gasteiger partial charge is 0.545 e. The number of fused-ring (bicyclic) bond motifs is 2. The molecule has 5 aromatic rings. The van der Waals surface area contributed by atoms with Crippen LogP contribution in [0, 0.1) is 6.92 Å². The minimum Gasteiger partial charge on any atom is -0.545 e. The lowest BCUT2D eigenvalue weighted by molar-refractivity contribution is -0.661. The SMILES string of the molecule is CCCC(C(=O)OCc1ccccc1)[n+]1c2ccccc2c(C(=O)[O-])c2cc(-c3ccc(C)cc3)ccc21. The first kappa shape index (κ1) is 25.2. The molecule has 0 aliphatic rings. The van der Waals surface area contributed by atoms with Crippen LogP contribution in [0.4, 0.5) is 0 Å². The smallest absolute Gasteiger partial charge is 0.376 e. The van der Waals surface area contributed by atoms with Crippen molar-refractivity contribution in [3.63, 3.8) is 0 Å². The van der Waals surface area contributed by atoms with Crippen molar-refractivity contribution < 1.29 is 24.0 Å². The number of ether oxygens (including phenoxy) is 1. The van der Waals surface area contributed by atoms with E-state index in [2.05, 4.69) is 0 Å². The summed E-state index contributed by atoms with van der Waals surface area (Å²) in [6, 6.07) is 30.1. The molecule has 0 saturated carbocycles. The van der Waals surface area contributed by atoms with Gasteiger partial charge in [-0.1, -0.05) is 79.2 Å². The first-order chi connectivity index (χ1) is 18.5. The molecule has 5 heteroatoms. The summed E-state index contributed by atoms with van der Waals surface area (Å²) in [4.78, 5) is 26.1. The standard InChI is InChI=1S/C33H29NO4/c1-3-9-30(33(37)38-21-23-10-5-4-6-11-23)34-28-13-8-7-12-26(28)31(32(35)36)27-20-25(18-19-29(27)34)24-16-14-22(2)15-17-24/h4-8,10-20,30H,3,9,21H2,1-2H3. The van der Waals surface area contributed by atoms with Crippen LogP contribution >= 0.6 is 0 Å². The maximum atomic E-state index is 13.6. The minimum atomic E-state index is -1.25. The fourth-order valence-electron chi connectivity index (χ4n) is 5.05. The molecule has 5 nitrogen and oxygen atoms in total. The predicted octanol–water partition coefficient (Wildman–Crippen LogP) is 5.70. The molecule has 0 saturated heterocycles. The number of pyridine rings is 1. The Morgan fingerprint density at radius 1 is 0.816 bits per heavy atom. The Labute approximate surface area is 221 Å². The molecular formula is C33H29NO4. The number of aromatic carboxylic acids is 1. The second-order valence-electron chi connectivity index (χ2n) is 9.55. The lowest BCUT2D eigenvalue weighted by Gasteiger charge is -2.18. The number of para-hydroxylation sites is 1. The number of benzene rings is 4. The van der Waals surface area contributed by atoms with Gasteiger partial charge in [0.1, 0.15) is 6.61 Å². The molecule has 5 rings (SSSR count). The zero-order valence-electron chi connectivity index (χ0n) is 21.5. The molecule has 1 heterocycles. The number of carbonyl (C=O) groups is 2. The van der Waals surface area contributed by atoms with Gasteiger partial charge in [-0.05, 0) is 48.2 Å². The van der Waals surface area contributed by atoms with E-state index >= 15 is 0 Å². The minimum absolute atomic E-state index is 0.119. The normalized spacial score (nSPS) is 11.9. The van der Waals surface area contributed by atoms with Crippen molar-refractivity contribution in [1.82, 2.24) is 0 Å². The van der Waals surface area contributed by atoms with E-state index in [-0.39, 0.29) is 18.1 Å². The average Bonchev–Trinajstić information content (AvgIpc) is 2.94. The second-order valence-corrected chi connectivity index (χ2v) is 9.55. The van der Waals surface area contributed by atoms with Gasteiger partial charge >= 0.3 is 5.97 Å². The van der Waals surface area contributed by atoms with Gasteiger partial charge in [0.2, 0.25) is 11.0 Å². The molecular weight excluding hydrogens is 474 g/mol. The third-order valence-corrected chi connectivity index (χ3v) is 6.92. The topological polar surface area (TPSA) is 70.3 Å². The van der Waals surface area contributed by atoms with E-state index in [9.17, 15) is 14.7 Å². The van der Waals surface area contributed by atoms with E-state index < -0.39 is 12.0 Å². The molecule has 0 aliphatic heterocycles. The average molecular weight is 504 g/mol. The van der Waals surface area contributed by atoms with Crippen molar-refractivity contribution in [3.05, 3.63) is 114 Å². The van der Waals surface area contributed by atoms with Gasteiger partial charge in [-0.25, -0.2) is 4.79 Å². The Morgan fingerprint density at radius 3 is 2.18 bits per heavy atom. The molecule has 190 valence electrons. The van der Waals surface area contributed by atoms with Gasteiger partial charge in [-0.15, -0.1) is 0 Å². The van der Waals surface area contributed by atoms with E-state index in [0.717, 1.165) is 28.7 Å². The molecule has 1 aromatic heterocycles. The van der Waals surface area contributed by atoms with Crippen LogP contribution in [-0.2, 0) is 16.1 Å². The van der Waals surface area contributed by atoms with Gasteiger partial charge in [-0.2, -0.15) is 4.57 Å². The van der Waals surface area contributed by atoms with Gasteiger partial charge in [-0.3, -0.25) is 0 Å². The van der Waals surface area contributed by atoms with E-state index in [1.54, 1.807) is 12.1 Å². The molecule has 4 aromatic carbocycles. The summed E-state index contributed by atoms with van der Waals surface area (Å²) in [5, 5.41) is 13.6. The molecule has 0 fully saturated rings. The van der Waals surface area contributed by atoms with Crippen LogP contribution in [-0.4, -0.2) is 11.9 Å². The Balaban J connectivity index is 1.71. The summed E-state index contributed by atoms with van der Waals surface area (Å²) < 4.78 is 7.73. The molecule has 0 bridgehead atoms. The van der Waals surface area contributed by atoms with Crippen LogP contribution in [0.5, 0.6) is 0 Å². The number of carbonyl (C=O) groups excluding carboxylic acids is 2. The third-order valence-electron chi connectivity index (χ3n) is 6.92. The van der Waals surface area contributed by atoms with Gasteiger partial charge in [0.05, 0.1) is 16.7 Å².